The Kier molecular flexibility index (Phi) is 4.22. The molecule has 0 spiro atoms. The second-order valence-corrected chi connectivity index (χ2v) is 6.57. The molecule has 0 radical (unpaired) electrons. The summed E-state index contributed by atoms with van der Waals surface area (Å²) < 4.78 is 11.1. The van der Waals surface area contributed by atoms with Crippen molar-refractivity contribution in [3.63, 3.8) is 0 Å². The number of hydrogen-bond donors (Lipinski definition) is 2. The second kappa shape index (κ2) is 5.77. The molecule has 0 aliphatic heterocycles. The summed E-state index contributed by atoms with van der Waals surface area (Å²) in [6, 6.07) is 3.26. The lowest BCUT2D eigenvalue weighted by atomic mass is 10.2. The summed E-state index contributed by atoms with van der Waals surface area (Å²) in [4.78, 5) is 15.9. The molecular weight excluding hydrogens is 292 g/mol. The van der Waals surface area contributed by atoms with Gasteiger partial charge in [-0.2, -0.15) is 0 Å². The maximum atomic E-state index is 11.6. The number of fused-ring (bicyclic) bond motifs is 1. The van der Waals surface area contributed by atoms with Crippen molar-refractivity contribution in [3.8, 4) is 11.5 Å². The molecule has 0 bridgehead atoms. The molecule has 21 heavy (non-hydrogen) atoms. The van der Waals surface area contributed by atoms with Crippen molar-refractivity contribution in [2.75, 3.05) is 7.11 Å². The van der Waals surface area contributed by atoms with Gasteiger partial charge in [0.25, 0.3) is 0 Å². The van der Waals surface area contributed by atoms with Crippen molar-refractivity contribution in [2.45, 2.75) is 32.9 Å². The van der Waals surface area contributed by atoms with Crippen LogP contribution in [-0.4, -0.2) is 28.9 Å². The number of nitrogens with one attached hydrogen (secondary N) is 1. The highest BCUT2D eigenvalue weighted by atomic mass is 32.1. The highest BCUT2D eigenvalue weighted by Gasteiger charge is 2.16. The Morgan fingerprint density at radius 3 is 2.76 bits per heavy atom. The Balaban J connectivity index is 2.08. The Morgan fingerprint density at radius 2 is 2.14 bits per heavy atom. The number of hydrogen-bond acceptors (Lipinski definition) is 6. The number of amides is 1. The fraction of sp³-hybridized carbons (Fsp3) is 0.429. The average Bonchev–Trinajstić information content (AvgIpc) is 2.75. The van der Waals surface area contributed by atoms with Crippen LogP contribution in [0.4, 0.5) is 4.79 Å². The molecule has 6 nitrogen and oxygen atoms in total. The summed E-state index contributed by atoms with van der Waals surface area (Å²) in [7, 11) is 1.49. The van der Waals surface area contributed by atoms with E-state index >= 15 is 0 Å². The first kappa shape index (κ1) is 15.4. The number of aromatic nitrogens is 1. The summed E-state index contributed by atoms with van der Waals surface area (Å²) in [6.45, 7) is 5.69. The van der Waals surface area contributed by atoms with E-state index in [0.717, 1.165) is 9.71 Å². The van der Waals surface area contributed by atoms with Gasteiger partial charge in [0.1, 0.15) is 10.6 Å². The quantitative estimate of drug-likeness (QED) is 0.910. The van der Waals surface area contributed by atoms with Crippen LogP contribution in [0.15, 0.2) is 12.1 Å². The predicted molar refractivity (Wildman–Crippen MR) is 80.9 cm³/mol. The Hall–Kier alpha value is -2.02. The van der Waals surface area contributed by atoms with E-state index in [1.54, 1.807) is 32.9 Å². The van der Waals surface area contributed by atoms with Crippen LogP contribution >= 0.6 is 11.3 Å². The minimum Gasteiger partial charge on any atom is -0.504 e. The molecule has 0 aliphatic rings. The molecule has 0 fully saturated rings. The monoisotopic (exact) mass is 310 g/mol. The zero-order chi connectivity index (χ0) is 15.6. The molecule has 1 amide bonds. The zero-order valence-corrected chi connectivity index (χ0v) is 13.2. The molecule has 0 atom stereocenters. The van der Waals surface area contributed by atoms with Crippen LogP contribution in [0.2, 0.25) is 0 Å². The zero-order valence-electron chi connectivity index (χ0n) is 12.4. The van der Waals surface area contributed by atoms with E-state index in [2.05, 4.69) is 10.3 Å². The Morgan fingerprint density at radius 1 is 1.43 bits per heavy atom. The van der Waals surface area contributed by atoms with Crippen molar-refractivity contribution >= 4 is 27.6 Å². The average molecular weight is 310 g/mol. The first-order valence-electron chi connectivity index (χ1n) is 6.42. The highest BCUT2D eigenvalue weighted by Crippen LogP contribution is 2.33. The largest absolute Gasteiger partial charge is 0.504 e. The number of rotatable bonds is 3. The smallest absolute Gasteiger partial charge is 0.408 e. The predicted octanol–water partition coefficient (Wildman–Crippen LogP) is 3.04. The summed E-state index contributed by atoms with van der Waals surface area (Å²) in [5.74, 6) is 0.444. The number of carbonyl (C=O) groups excluding carboxylic acids is 1. The molecule has 114 valence electrons. The minimum absolute atomic E-state index is 0.0435. The molecule has 1 heterocycles. The van der Waals surface area contributed by atoms with Gasteiger partial charge < -0.3 is 19.9 Å². The second-order valence-electron chi connectivity index (χ2n) is 5.45. The third kappa shape index (κ3) is 3.98. The van der Waals surface area contributed by atoms with Gasteiger partial charge in [0.05, 0.1) is 23.9 Å². The van der Waals surface area contributed by atoms with E-state index < -0.39 is 11.7 Å². The number of ether oxygens (including phenoxy) is 2. The van der Waals surface area contributed by atoms with Gasteiger partial charge in [-0.05, 0) is 20.8 Å². The normalized spacial score (nSPS) is 11.4. The van der Waals surface area contributed by atoms with Gasteiger partial charge in [-0.1, -0.05) is 0 Å². The number of alkyl carbamates (subject to hydrolysis) is 1. The van der Waals surface area contributed by atoms with Gasteiger partial charge in [0.2, 0.25) is 0 Å². The fourth-order valence-corrected chi connectivity index (χ4v) is 2.61. The lowest BCUT2D eigenvalue weighted by Gasteiger charge is -2.19. The first-order chi connectivity index (χ1) is 9.78. The van der Waals surface area contributed by atoms with Crippen LogP contribution < -0.4 is 10.1 Å². The third-order valence-electron chi connectivity index (χ3n) is 2.52. The van der Waals surface area contributed by atoms with E-state index in [1.165, 1.54) is 18.4 Å². The minimum atomic E-state index is -0.531. The molecule has 1 aromatic carbocycles. The molecule has 0 unspecified atom stereocenters. The molecule has 0 aliphatic carbocycles. The molecule has 0 saturated carbocycles. The molecular formula is C14H18N2O4S. The summed E-state index contributed by atoms with van der Waals surface area (Å²) in [5.41, 5.74) is 0.135. The van der Waals surface area contributed by atoms with Gasteiger partial charge in [-0.15, -0.1) is 11.3 Å². The molecule has 2 rings (SSSR count). The molecule has 2 aromatic rings. The molecule has 1 aromatic heterocycles. The van der Waals surface area contributed by atoms with Crippen LogP contribution in [0.1, 0.15) is 25.8 Å². The summed E-state index contributed by atoms with van der Waals surface area (Å²) in [5, 5.41) is 13.1. The van der Waals surface area contributed by atoms with Crippen LogP contribution in [0.5, 0.6) is 11.5 Å². The number of phenols is 1. The first-order valence-corrected chi connectivity index (χ1v) is 7.23. The van der Waals surface area contributed by atoms with Gasteiger partial charge in [0.15, 0.2) is 11.5 Å². The van der Waals surface area contributed by atoms with E-state index in [4.69, 9.17) is 9.47 Å². The fourth-order valence-electron chi connectivity index (χ4n) is 1.69. The van der Waals surface area contributed by atoms with Crippen LogP contribution in [0.3, 0.4) is 0 Å². The summed E-state index contributed by atoms with van der Waals surface area (Å²) in [6.07, 6.45) is -0.484. The van der Waals surface area contributed by atoms with Crippen molar-refractivity contribution in [1.29, 1.82) is 0 Å². The standard InChI is InChI=1S/C14H18N2O4S/c1-14(2,3)20-13(18)15-7-12-16-8-5-9(17)10(19-4)6-11(8)21-12/h5-6,17H,7H2,1-4H3,(H,15,18). The maximum absolute atomic E-state index is 11.6. The number of carbonyl (C=O) groups is 1. The third-order valence-corrected chi connectivity index (χ3v) is 3.53. The van der Waals surface area contributed by atoms with Gasteiger partial charge in [0, 0.05) is 12.1 Å². The van der Waals surface area contributed by atoms with Crippen LogP contribution in [-0.2, 0) is 11.3 Å². The number of aromatic hydroxyl groups is 1. The maximum Gasteiger partial charge on any atom is 0.408 e. The molecule has 2 N–H and O–H groups in total. The van der Waals surface area contributed by atoms with Crippen LogP contribution in [0.25, 0.3) is 10.2 Å². The Labute approximate surface area is 126 Å². The lowest BCUT2D eigenvalue weighted by molar-refractivity contribution is 0.0523. The van der Waals surface area contributed by atoms with E-state index in [9.17, 15) is 9.90 Å². The number of nitrogens with zero attached hydrogens (tertiary/aromatic N) is 1. The van der Waals surface area contributed by atoms with E-state index in [1.807, 2.05) is 0 Å². The summed E-state index contributed by atoms with van der Waals surface area (Å²) >= 11 is 1.42. The topological polar surface area (TPSA) is 80.7 Å². The lowest BCUT2D eigenvalue weighted by Crippen LogP contribution is -2.32. The number of phenolic OH excluding ortho intramolecular Hbond substituents is 1. The van der Waals surface area contributed by atoms with Gasteiger partial charge in [-0.3, -0.25) is 0 Å². The molecule has 7 heteroatoms. The molecule has 0 saturated heterocycles. The van der Waals surface area contributed by atoms with Gasteiger partial charge in [-0.25, -0.2) is 9.78 Å². The van der Waals surface area contributed by atoms with Crippen molar-refractivity contribution in [2.24, 2.45) is 0 Å². The van der Waals surface area contributed by atoms with Crippen molar-refractivity contribution in [1.82, 2.24) is 10.3 Å². The van der Waals surface area contributed by atoms with E-state index in [-0.39, 0.29) is 12.3 Å². The number of thiazole rings is 1. The van der Waals surface area contributed by atoms with E-state index in [0.29, 0.717) is 11.3 Å². The Bertz CT molecular complexity index is 661. The number of methoxy groups -OCH3 is 1. The highest BCUT2D eigenvalue weighted by molar-refractivity contribution is 7.18. The number of benzene rings is 1. The van der Waals surface area contributed by atoms with Crippen LogP contribution in [0, 0.1) is 0 Å². The SMILES string of the molecule is COc1cc2sc(CNC(=O)OC(C)(C)C)nc2cc1O. The van der Waals surface area contributed by atoms with Gasteiger partial charge >= 0.3 is 6.09 Å². The van der Waals surface area contributed by atoms with Crippen molar-refractivity contribution < 1.29 is 19.4 Å². The van der Waals surface area contributed by atoms with Crippen molar-refractivity contribution in [3.05, 3.63) is 17.1 Å².